The van der Waals surface area contributed by atoms with E-state index < -0.39 is 5.60 Å². The van der Waals surface area contributed by atoms with Crippen LogP contribution in [0, 0.1) is 6.92 Å². The number of ether oxygens (including phenoxy) is 1. The van der Waals surface area contributed by atoms with Gasteiger partial charge < -0.3 is 15.4 Å². The molecule has 1 aliphatic rings. The van der Waals surface area contributed by atoms with Gasteiger partial charge in [-0.15, -0.1) is 0 Å². The Morgan fingerprint density at radius 1 is 1.35 bits per heavy atom. The number of hydrogen-bond acceptors (Lipinski definition) is 3. The highest BCUT2D eigenvalue weighted by Gasteiger charge is 2.39. The van der Waals surface area contributed by atoms with Crippen molar-refractivity contribution < 1.29 is 9.53 Å². The average molecular weight is 383 g/mol. The smallest absolute Gasteiger partial charge is 0.408 e. The molecule has 1 aromatic rings. The first-order valence-electron chi connectivity index (χ1n) is 8.16. The molecule has 1 amide bonds. The number of alkyl carbamates (subject to hydrolysis) is 1. The van der Waals surface area contributed by atoms with Crippen molar-refractivity contribution >= 4 is 22.0 Å². The van der Waals surface area contributed by atoms with E-state index in [0.717, 1.165) is 36.8 Å². The van der Waals surface area contributed by atoms with Gasteiger partial charge in [0.25, 0.3) is 0 Å². The van der Waals surface area contributed by atoms with Crippen LogP contribution in [0.2, 0.25) is 0 Å². The Balaban J connectivity index is 1.84. The van der Waals surface area contributed by atoms with Gasteiger partial charge in [0.1, 0.15) is 5.60 Å². The van der Waals surface area contributed by atoms with E-state index in [9.17, 15) is 4.79 Å². The van der Waals surface area contributed by atoms with Gasteiger partial charge >= 0.3 is 6.09 Å². The maximum Gasteiger partial charge on any atom is 0.408 e. The van der Waals surface area contributed by atoms with Gasteiger partial charge in [0.05, 0.1) is 5.54 Å². The fraction of sp³-hybridized carbons (Fsp3) is 0.611. The molecule has 128 valence electrons. The molecule has 0 spiro atoms. The van der Waals surface area contributed by atoms with E-state index in [1.165, 1.54) is 11.1 Å². The fourth-order valence-corrected chi connectivity index (χ4v) is 2.98. The average Bonchev–Trinajstić information content (AvgIpc) is 2.37. The van der Waals surface area contributed by atoms with E-state index in [0.29, 0.717) is 0 Å². The van der Waals surface area contributed by atoms with Gasteiger partial charge in [-0.1, -0.05) is 28.1 Å². The normalized spacial score (nSPS) is 16.6. The second-order valence-corrected chi connectivity index (χ2v) is 8.30. The summed E-state index contributed by atoms with van der Waals surface area (Å²) in [7, 11) is 0. The molecule has 2 N–H and O–H groups in total. The standard InChI is InChI=1S/C18H27BrN2O2/c1-13-10-14(6-7-15(13)19)11-20-12-18(8-5-9-18)21-16(22)23-17(2,3)4/h6-7,10,20H,5,8-9,11-12H2,1-4H3,(H,21,22). The number of carbonyl (C=O) groups is 1. The van der Waals surface area contributed by atoms with Crippen LogP contribution in [0.5, 0.6) is 0 Å². The van der Waals surface area contributed by atoms with Crippen LogP contribution in [0.1, 0.15) is 51.2 Å². The SMILES string of the molecule is Cc1cc(CNCC2(NC(=O)OC(C)(C)C)CCC2)ccc1Br. The zero-order valence-corrected chi connectivity index (χ0v) is 16.0. The molecule has 1 fully saturated rings. The predicted octanol–water partition coefficient (Wildman–Crippen LogP) is 4.29. The summed E-state index contributed by atoms with van der Waals surface area (Å²) in [6, 6.07) is 6.36. The lowest BCUT2D eigenvalue weighted by atomic mass is 9.76. The molecule has 0 heterocycles. The molecule has 0 unspecified atom stereocenters. The molecule has 23 heavy (non-hydrogen) atoms. The lowest BCUT2D eigenvalue weighted by Crippen LogP contribution is -2.59. The summed E-state index contributed by atoms with van der Waals surface area (Å²) in [4.78, 5) is 12.0. The number of hydrogen-bond donors (Lipinski definition) is 2. The van der Waals surface area contributed by atoms with Gasteiger partial charge in [-0.25, -0.2) is 4.79 Å². The van der Waals surface area contributed by atoms with E-state index in [1.807, 2.05) is 20.8 Å². The molecule has 0 bridgehead atoms. The number of amides is 1. The summed E-state index contributed by atoms with van der Waals surface area (Å²) >= 11 is 3.52. The Bertz CT molecular complexity index is 563. The van der Waals surface area contributed by atoms with E-state index in [2.05, 4.69) is 51.7 Å². The molecule has 0 aromatic heterocycles. The molecular formula is C18H27BrN2O2. The molecule has 0 saturated heterocycles. The van der Waals surface area contributed by atoms with Crippen molar-refractivity contribution in [2.24, 2.45) is 0 Å². The van der Waals surface area contributed by atoms with Gasteiger partial charge in [0.2, 0.25) is 0 Å². The number of benzene rings is 1. The summed E-state index contributed by atoms with van der Waals surface area (Å²) in [6.45, 7) is 9.30. The molecule has 5 heteroatoms. The first kappa shape index (κ1) is 18.3. The third kappa shape index (κ3) is 5.50. The minimum atomic E-state index is -0.461. The van der Waals surface area contributed by atoms with Crippen molar-refractivity contribution in [3.05, 3.63) is 33.8 Å². The Hall–Kier alpha value is -1.07. The summed E-state index contributed by atoms with van der Waals surface area (Å²) < 4.78 is 6.51. The Kier molecular flexibility index (Phi) is 5.74. The van der Waals surface area contributed by atoms with Crippen LogP contribution in [0.25, 0.3) is 0 Å². The molecule has 0 atom stereocenters. The van der Waals surface area contributed by atoms with Crippen molar-refractivity contribution in [3.8, 4) is 0 Å². The zero-order valence-electron chi connectivity index (χ0n) is 14.5. The van der Waals surface area contributed by atoms with E-state index >= 15 is 0 Å². The van der Waals surface area contributed by atoms with Crippen molar-refractivity contribution in [1.29, 1.82) is 0 Å². The number of nitrogens with one attached hydrogen (secondary N) is 2. The molecule has 4 nitrogen and oxygen atoms in total. The maximum atomic E-state index is 12.0. The largest absolute Gasteiger partial charge is 0.444 e. The van der Waals surface area contributed by atoms with Crippen LogP contribution in [-0.2, 0) is 11.3 Å². The van der Waals surface area contributed by atoms with Gasteiger partial charge in [-0.2, -0.15) is 0 Å². The van der Waals surface area contributed by atoms with Crippen molar-refractivity contribution in [2.75, 3.05) is 6.54 Å². The van der Waals surface area contributed by atoms with Crippen LogP contribution in [0.3, 0.4) is 0 Å². The lowest BCUT2D eigenvalue weighted by molar-refractivity contribution is 0.0382. The van der Waals surface area contributed by atoms with Gasteiger partial charge in [-0.05, 0) is 64.2 Å². The topological polar surface area (TPSA) is 50.4 Å². The molecular weight excluding hydrogens is 356 g/mol. The van der Waals surface area contributed by atoms with Crippen molar-refractivity contribution in [2.45, 2.75) is 64.6 Å². The lowest BCUT2D eigenvalue weighted by Gasteiger charge is -2.42. The summed E-state index contributed by atoms with van der Waals surface area (Å²) in [6.07, 6.45) is 2.82. The second-order valence-electron chi connectivity index (χ2n) is 7.45. The van der Waals surface area contributed by atoms with Gasteiger partial charge in [0.15, 0.2) is 0 Å². The molecule has 2 rings (SSSR count). The quantitative estimate of drug-likeness (QED) is 0.797. The highest BCUT2D eigenvalue weighted by Crippen LogP contribution is 2.31. The molecule has 1 aliphatic carbocycles. The predicted molar refractivity (Wildman–Crippen MR) is 96.5 cm³/mol. The van der Waals surface area contributed by atoms with Crippen LogP contribution in [-0.4, -0.2) is 23.8 Å². The number of halogens is 1. The van der Waals surface area contributed by atoms with Gasteiger partial charge in [-0.3, -0.25) is 0 Å². The Morgan fingerprint density at radius 2 is 2.04 bits per heavy atom. The highest BCUT2D eigenvalue weighted by molar-refractivity contribution is 9.10. The first-order chi connectivity index (χ1) is 10.7. The number of carbonyl (C=O) groups excluding carboxylic acids is 1. The summed E-state index contributed by atoms with van der Waals surface area (Å²) in [5, 5.41) is 6.54. The monoisotopic (exact) mass is 382 g/mol. The Labute approximate surface area is 147 Å². The minimum absolute atomic E-state index is 0.160. The van der Waals surface area contributed by atoms with E-state index in [1.54, 1.807) is 0 Å². The Morgan fingerprint density at radius 3 is 2.57 bits per heavy atom. The first-order valence-corrected chi connectivity index (χ1v) is 8.95. The van der Waals surface area contributed by atoms with Crippen LogP contribution >= 0.6 is 15.9 Å². The van der Waals surface area contributed by atoms with Crippen LogP contribution in [0.15, 0.2) is 22.7 Å². The second kappa shape index (κ2) is 7.22. The number of aryl methyl sites for hydroxylation is 1. The highest BCUT2D eigenvalue weighted by atomic mass is 79.9. The zero-order chi connectivity index (χ0) is 17.1. The third-order valence-electron chi connectivity index (χ3n) is 4.09. The molecule has 1 saturated carbocycles. The summed E-state index contributed by atoms with van der Waals surface area (Å²) in [5.74, 6) is 0. The van der Waals surface area contributed by atoms with Crippen LogP contribution < -0.4 is 10.6 Å². The molecule has 1 aromatic carbocycles. The van der Waals surface area contributed by atoms with E-state index in [-0.39, 0.29) is 11.6 Å². The van der Waals surface area contributed by atoms with Gasteiger partial charge in [0, 0.05) is 17.6 Å². The fourth-order valence-electron chi connectivity index (χ4n) is 2.73. The van der Waals surface area contributed by atoms with Crippen molar-refractivity contribution in [3.63, 3.8) is 0 Å². The van der Waals surface area contributed by atoms with E-state index in [4.69, 9.17) is 4.74 Å². The summed E-state index contributed by atoms with van der Waals surface area (Å²) in [5.41, 5.74) is 1.86. The number of rotatable bonds is 5. The molecule has 0 radical (unpaired) electrons. The van der Waals surface area contributed by atoms with Crippen molar-refractivity contribution in [1.82, 2.24) is 10.6 Å². The third-order valence-corrected chi connectivity index (χ3v) is 4.98. The van der Waals surface area contributed by atoms with Crippen LogP contribution in [0.4, 0.5) is 4.79 Å². The minimum Gasteiger partial charge on any atom is -0.444 e. The maximum absolute atomic E-state index is 12.0. The molecule has 0 aliphatic heterocycles.